The molecule has 12 nitrogen and oxygen atoms in total. The van der Waals surface area contributed by atoms with Crippen molar-refractivity contribution in [3.63, 3.8) is 0 Å². The minimum absolute atomic E-state index is 0.109. The summed E-state index contributed by atoms with van der Waals surface area (Å²) in [4.78, 5) is 52.5. The molecular formula is C25H31N5O7S2. The molecule has 2 aliphatic rings. The fraction of sp³-hybridized carbons (Fsp3) is 0.440. The standard InChI is InChI=1S/C25H31N5O7S2/c1-3-37-25(34)29-14-11-18-19(15-29)38-23(20(18)22(32)28-24(33)26-2)27-21(31)16-7-9-17(10-8-16)39(35,36)30-12-5-4-6-13-30/h7-10H,3-6,11-15H2,1-2H3,(H,27,31)(H2,26,28,32,33). The van der Waals surface area contributed by atoms with Gasteiger partial charge in [-0.2, -0.15) is 4.31 Å². The number of thiophene rings is 1. The first-order valence-electron chi connectivity index (χ1n) is 12.7. The molecule has 3 N–H and O–H groups in total. The molecule has 4 rings (SSSR count). The van der Waals surface area contributed by atoms with Gasteiger partial charge in [-0.1, -0.05) is 6.42 Å². The summed E-state index contributed by atoms with van der Waals surface area (Å²) in [6.45, 7) is 3.39. The first-order chi connectivity index (χ1) is 18.6. The Morgan fingerprint density at radius 2 is 1.69 bits per heavy atom. The number of carbonyl (C=O) groups is 4. The Labute approximate surface area is 230 Å². The summed E-state index contributed by atoms with van der Waals surface area (Å²) in [5, 5.41) is 7.52. The molecule has 210 valence electrons. The molecule has 2 aliphatic heterocycles. The molecule has 0 atom stereocenters. The molecule has 39 heavy (non-hydrogen) atoms. The number of carbonyl (C=O) groups excluding carboxylic acids is 4. The van der Waals surface area contributed by atoms with Crippen LogP contribution in [0, 0.1) is 0 Å². The highest BCUT2D eigenvalue weighted by molar-refractivity contribution is 7.89. The van der Waals surface area contributed by atoms with Gasteiger partial charge in [0.05, 0.1) is 23.6 Å². The van der Waals surface area contributed by atoms with E-state index in [1.807, 2.05) is 0 Å². The topological polar surface area (TPSA) is 154 Å². The average Bonchev–Trinajstić information content (AvgIpc) is 3.30. The number of rotatable bonds is 6. The fourth-order valence-electron chi connectivity index (χ4n) is 4.54. The van der Waals surface area contributed by atoms with Crippen LogP contribution in [0.4, 0.5) is 14.6 Å². The molecule has 1 aromatic carbocycles. The van der Waals surface area contributed by atoms with Gasteiger partial charge in [-0.15, -0.1) is 11.3 Å². The molecule has 1 aromatic heterocycles. The number of imide groups is 1. The summed E-state index contributed by atoms with van der Waals surface area (Å²) >= 11 is 1.14. The van der Waals surface area contributed by atoms with Crippen LogP contribution in [0.25, 0.3) is 0 Å². The van der Waals surface area contributed by atoms with E-state index in [0.717, 1.165) is 30.6 Å². The lowest BCUT2D eigenvalue weighted by Gasteiger charge is -2.26. The van der Waals surface area contributed by atoms with Crippen LogP contribution in [-0.2, 0) is 27.7 Å². The van der Waals surface area contributed by atoms with Crippen molar-refractivity contribution >= 4 is 50.3 Å². The number of benzene rings is 1. The van der Waals surface area contributed by atoms with E-state index in [9.17, 15) is 27.6 Å². The van der Waals surface area contributed by atoms with Crippen LogP contribution in [0.3, 0.4) is 0 Å². The van der Waals surface area contributed by atoms with Crippen molar-refractivity contribution in [1.82, 2.24) is 19.8 Å². The number of urea groups is 1. The third-order valence-corrected chi connectivity index (χ3v) is 9.61. The molecule has 2 aromatic rings. The Balaban J connectivity index is 1.57. The zero-order valence-electron chi connectivity index (χ0n) is 21.7. The number of ether oxygens (including phenoxy) is 1. The van der Waals surface area contributed by atoms with Crippen molar-refractivity contribution in [2.24, 2.45) is 0 Å². The van der Waals surface area contributed by atoms with Gasteiger partial charge in [0.2, 0.25) is 10.0 Å². The van der Waals surface area contributed by atoms with Crippen molar-refractivity contribution in [3.05, 3.63) is 45.8 Å². The van der Waals surface area contributed by atoms with Gasteiger partial charge < -0.3 is 20.3 Å². The first-order valence-corrected chi connectivity index (χ1v) is 14.9. The maximum Gasteiger partial charge on any atom is 0.410 e. The highest BCUT2D eigenvalue weighted by Crippen LogP contribution is 2.37. The number of piperidine rings is 1. The van der Waals surface area contributed by atoms with Crippen molar-refractivity contribution in [2.75, 3.05) is 38.6 Å². The first kappa shape index (κ1) is 28.5. The van der Waals surface area contributed by atoms with Crippen LogP contribution >= 0.6 is 11.3 Å². The monoisotopic (exact) mass is 577 g/mol. The lowest BCUT2D eigenvalue weighted by Crippen LogP contribution is -2.39. The van der Waals surface area contributed by atoms with E-state index in [1.54, 1.807) is 6.92 Å². The average molecular weight is 578 g/mol. The number of nitrogens with one attached hydrogen (secondary N) is 3. The molecule has 0 saturated carbocycles. The quantitative estimate of drug-likeness (QED) is 0.477. The molecular weight excluding hydrogens is 546 g/mol. The molecule has 0 aliphatic carbocycles. The molecule has 1 fully saturated rings. The number of fused-ring (bicyclic) bond motifs is 1. The summed E-state index contributed by atoms with van der Waals surface area (Å²) in [5.41, 5.74) is 0.991. The maximum absolute atomic E-state index is 13.1. The van der Waals surface area contributed by atoms with Gasteiger partial charge in [-0.05, 0) is 56.0 Å². The number of sulfonamides is 1. The zero-order valence-corrected chi connectivity index (χ0v) is 23.4. The third kappa shape index (κ3) is 6.23. The maximum atomic E-state index is 13.1. The van der Waals surface area contributed by atoms with E-state index < -0.39 is 34.0 Å². The highest BCUT2D eigenvalue weighted by atomic mass is 32.2. The van der Waals surface area contributed by atoms with Crippen LogP contribution in [0.5, 0.6) is 0 Å². The Bertz CT molecular complexity index is 1370. The van der Waals surface area contributed by atoms with Gasteiger partial charge in [0, 0.05) is 37.1 Å². The smallest absolute Gasteiger partial charge is 0.410 e. The third-order valence-electron chi connectivity index (χ3n) is 6.56. The Morgan fingerprint density at radius 1 is 1.00 bits per heavy atom. The van der Waals surface area contributed by atoms with Crippen LogP contribution < -0.4 is 16.0 Å². The number of anilines is 1. The summed E-state index contributed by atoms with van der Waals surface area (Å²) < 4.78 is 32.4. The molecule has 0 spiro atoms. The van der Waals surface area contributed by atoms with Gasteiger partial charge in [0.15, 0.2) is 0 Å². The Morgan fingerprint density at radius 3 is 2.33 bits per heavy atom. The summed E-state index contributed by atoms with van der Waals surface area (Å²) in [6.07, 6.45) is 2.50. The van der Waals surface area contributed by atoms with Crippen LogP contribution in [0.2, 0.25) is 0 Å². The lowest BCUT2D eigenvalue weighted by atomic mass is 10.0. The second-order valence-corrected chi connectivity index (χ2v) is 12.1. The fourth-order valence-corrected chi connectivity index (χ4v) is 7.31. The predicted octanol–water partition coefficient (Wildman–Crippen LogP) is 2.76. The molecule has 0 radical (unpaired) electrons. The number of hydrogen-bond acceptors (Lipinski definition) is 8. The number of nitrogens with zero attached hydrogens (tertiary/aromatic N) is 2. The zero-order chi connectivity index (χ0) is 28.2. The minimum Gasteiger partial charge on any atom is -0.450 e. The van der Waals surface area contributed by atoms with Crippen molar-refractivity contribution < 1.29 is 32.3 Å². The highest BCUT2D eigenvalue weighted by Gasteiger charge is 2.32. The van der Waals surface area contributed by atoms with Crippen molar-refractivity contribution in [1.29, 1.82) is 0 Å². The van der Waals surface area contributed by atoms with E-state index >= 15 is 0 Å². The molecule has 1 saturated heterocycles. The normalized spacial score (nSPS) is 15.7. The lowest BCUT2D eigenvalue weighted by molar-refractivity contribution is 0.0963. The Kier molecular flexibility index (Phi) is 8.87. The number of amides is 5. The van der Waals surface area contributed by atoms with E-state index in [4.69, 9.17) is 4.74 Å². The van der Waals surface area contributed by atoms with E-state index in [0.29, 0.717) is 36.5 Å². The molecule has 5 amide bonds. The predicted molar refractivity (Wildman–Crippen MR) is 144 cm³/mol. The van der Waals surface area contributed by atoms with E-state index in [2.05, 4.69) is 16.0 Å². The largest absolute Gasteiger partial charge is 0.450 e. The van der Waals surface area contributed by atoms with Gasteiger partial charge >= 0.3 is 12.1 Å². The van der Waals surface area contributed by atoms with Gasteiger partial charge in [-0.25, -0.2) is 18.0 Å². The SMILES string of the molecule is CCOC(=O)N1CCc2c(sc(NC(=O)c3ccc(S(=O)(=O)N4CCCCC4)cc3)c2C(=O)NC(=O)NC)C1. The molecule has 0 unspecified atom stereocenters. The van der Waals surface area contributed by atoms with Crippen molar-refractivity contribution in [3.8, 4) is 0 Å². The Hall–Kier alpha value is -3.49. The van der Waals surface area contributed by atoms with Gasteiger partial charge in [-0.3, -0.25) is 14.9 Å². The van der Waals surface area contributed by atoms with E-state index in [1.165, 1.54) is 40.5 Å². The second kappa shape index (κ2) is 12.1. The molecule has 3 heterocycles. The van der Waals surface area contributed by atoms with E-state index in [-0.39, 0.29) is 34.2 Å². The van der Waals surface area contributed by atoms with Crippen molar-refractivity contribution in [2.45, 2.75) is 44.0 Å². The molecule has 14 heteroatoms. The van der Waals surface area contributed by atoms with Crippen LogP contribution in [0.15, 0.2) is 29.2 Å². The minimum atomic E-state index is -3.64. The molecule has 0 bridgehead atoms. The summed E-state index contributed by atoms with van der Waals surface area (Å²) in [5.74, 6) is -1.23. The summed E-state index contributed by atoms with van der Waals surface area (Å²) in [7, 11) is -2.27. The van der Waals surface area contributed by atoms with Gasteiger partial charge in [0.1, 0.15) is 5.00 Å². The van der Waals surface area contributed by atoms with Crippen LogP contribution in [0.1, 0.15) is 57.3 Å². The van der Waals surface area contributed by atoms with Gasteiger partial charge in [0.25, 0.3) is 11.8 Å². The number of hydrogen-bond donors (Lipinski definition) is 3. The van der Waals surface area contributed by atoms with Crippen LogP contribution in [-0.4, -0.2) is 74.9 Å². The summed E-state index contributed by atoms with van der Waals surface area (Å²) in [6, 6.07) is 4.94. The second-order valence-electron chi connectivity index (χ2n) is 9.05.